The van der Waals surface area contributed by atoms with Crippen LogP contribution >= 0.6 is 11.3 Å². The van der Waals surface area contributed by atoms with Crippen molar-refractivity contribution in [1.29, 1.82) is 0 Å². The van der Waals surface area contributed by atoms with Gasteiger partial charge in [-0.3, -0.25) is 9.36 Å². The SMILES string of the molecule is CCOC(=O)C1=C(C)N=c2s/c(=C/c3ccc(C)o3)c(=O)n2[C@H]1c1c(OC)ccc2ccccc12. The minimum atomic E-state index is -0.771. The molecule has 35 heavy (non-hydrogen) atoms. The van der Waals surface area contributed by atoms with Gasteiger partial charge in [0.1, 0.15) is 23.3 Å². The maximum absolute atomic E-state index is 13.8. The van der Waals surface area contributed by atoms with Gasteiger partial charge in [0.25, 0.3) is 5.56 Å². The smallest absolute Gasteiger partial charge is 0.338 e. The number of hydrogen-bond acceptors (Lipinski definition) is 7. The number of allylic oxidation sites excluding steroid dienone is 1. The zero-order valence-corrected chi connectivity index (χ0v) is 20.6. The first kappa shape index (κ1) is 22.9. The van der Waals surface area contributed by atoms with Crippen molar-refractivity contribution < 1.29 is 18.7 Å². The number of ether oxygens (including phenoxy) is 2. The Morgan fingerprint density at radius 1 is 1.17 bits per heavy atom. The second kappa shape index (κ2) is 9.03. The van der Waals surface area contributed by atoms with E-state index in [-0.39, 0.29) is 12.2 Å². The van der Waals surface area contributed by atoms with Gasteiger partial charge in [0.05, 0.1) is 29.5 Å². The molecule has 0 aliphatic carbocycles. The zero-order chi connectivity index (χ0) is 24.7. The van der Waals surface area contributed by atoms with E-state index in [9.17, 15) is 9.59 Å². The van der Waals surface area contributed by atoms with E-state index < -0.39 is 12.0 Å². The van der Waals surface area contributed by atoms with Crippen LogP contribution in [0.25, 0.3) is 16.8 Å². The molecule has 0 unspecified atom stereocenters. The fraction of sp³-hybridized carbons (Fsp3) is 0.222. The van der Waals surface area contributed by atoms with Gasteiger partial charge in [-0.15, -0.1) is 0 Å². The molecule has 1 aliphatic rings. The first-order valence-corrected chi connectivity index (χ1v) is 12.1. The predicted molar refractivity (Wildman–Crippen MR) is 134 cm³/mol. The molecule has 0 N–H and O–H groups in total. The number of carbonyl (C=O) groups excluding carboxylic acids is 1. The summed E-state index contributed by atoms with van der Waals surface area (Å²) in [5.74, 6) is 1.39. The molecule has 0 fully saturated rings. The van der Waals surface area contributed by atoms with Crippen LogP contribution in [0.4, 0.5) is 0 Å². The molecule has 0 amide bonds. The van der Waals surface area contributed by atoms with E-state index in [1.807, 2.05) is 55.5 Å². The Morgan fingerprint density at radius 2 is 1.97 bits per heavy atom. The Balaban J connectivity index is 1.86. The average molecular weight is 489 g/mol. The fourth-order valence-corrected chi connectivity index (χ4v) is 5.49. The molecule has 1 aliphatic heterocycles. The highest BCUT2D eigenvalue weighted by Gasteiger charge is 2.36. The van der Waals surface area contributed by atoms with Crippen molar-refractivity contribution in [3.63, 3.8) is 0 Å². The van der Waals surface area contributed by atoms with Crippen molar-refractivity contribution in [1.82, 2.24) is 4.57 Å². The van der Waals surface area contributed by atoms with Crippen molar-refractivity contribution in [2.24, 2.45) is 4.99 Å². The van der Waals surface area contributed by atoms with E-state index in [0.29, 0.717) is 37.7 Å². The van der Waals surface area contributed by atoms with Gasteiger partial charge in [0.2, 0.25) is 0 Å². The maximum atomic E-state index is 13.8. The number of hydrogen-bond donors (Lipinski definition) is 0. The molecule has 4 aromatic rings. The fourth-order valence-electron chi connectivity index (χ4n) is 4.46. The monoisotopic (exact) mass is 488 g/mol. The number of nitrogens with zero attached hydrogens (tertiary/aromatic N) is 2. The molecule has 2 aromatic carbocycles. The van der Waals surface area contributed by atoms with Crippen molar-refractivity contribution in [2.75, 3.05) is 13.7 Å². The van der Waals surface area contributed by atoms with Gasteiger partial charge in [-0.25, -0.2) is 9.79 Å². The van der Waals surface area contributed by atoms with E-state index in [4.69, 9.17) is 13.9 Å². The lowest BCUT2D eigenvalue weighted by Gasteiger charge is -2.27. The normalized spacial score (nSPS) is 15.8. The first-order valence-electron chi connectivity index (χ1n) is 11.2. The zero-order valence-electron chi connectivity index (χ0n) is 19.8. The molecule has 0 saturated carbocycles. The van der Waals surface area contributed by atoms with Gasteiger partial charge in [0.15, 0.2) is 4.80 Å². The number of esters is 1. The lowest BCUT2D eigenvalue weighted by Crippen LogP contribution is -2.40. The molecule has 0 spiro atoms. The summed E-state index contributed by atoms with van der Waals surface area (Å²) in [5.41, 5.74) is 1.26. The Kier molecular flexibility index (Phi) is 5.90. The van der Waals surface area contributed by atoms with Crippen molar-refractivity contribution >= 4 is 34.2 Å². The third-order valence-electron chi connectivity index (χ3n) is 5.98. The van der Waals surface area contributed by atoms with Crippen LogP contribution in [0.1, 0.15) is 37.0 Å². The van der Waals surface area contributed by atoms with Crippen LogP contribution in [0.3, 0.4) is 0 Å². The molecule has 7 nitrogen and oxygen atoms in total. The Bertz CT molecular complexity index is 1670. The summed E-state index contributed by atoms with van der Waals surface area (Å²) in [5, 5.41) is 1.85. The number of rotatable bonds is 5. The van der Waals surface area contributed by atoms with Crippen LogP contribution in [0.5, 0.6) is 5.75 Å². The third-order valence-corrected chi connectivity index (χ3v) is 6.96. The average Bonchev–Trinajstić information content (AvgIpc) is 3.39. The van der Waals surface area contributed by atoms with Crippen LogP contribution in [0.15, 0.2) is 74.0 Å². The summed E-state index contributed by atoms with van der Waals surface area (Å²) >= 11 is 1.26. The maximum Gasteiger partial charge on any atom is 0.338 e. The molecule has 2 aromatic heterocycles. The van der Waals surface area contributed by atoms with Gasteiger partial charge in [-0.1, -0.05) is 41.7 Å². The number of methoxy groups -OCH3 is 1. The van der Waals surface area contributed by atoms with Gasteiger partial charge in [-0.05, 0) is 49.7 Å². The minimum Gasteiger partial charge on any atom is -0.496 e. The summed E-state index contributed by atoms with van der Waals surface area (Å²) < 4.78 is 18.9. The molecular weight excluding hydrogens is 464 g/mol. The van der Waals surface area contributed by atoms with E-state index in [1.54, 1.807) is 31.6 Å². The molecule has 3 heterocycles. The molecule has 8 heteroatoms. The van der Waals surface area contributed by atoms with Crippen LogP contribution in [0, 0.1) is 6.92 Å². The van der Waals surface area contributed by atoms with Crippen molar-refractivity contribution in [3.05, 3.63) is 96.6 Å². The van der Waals surface area contributed by atoms with Gasteiger partial charge in [-0.2, -0.15) is 0 Å². The highest BCUT2D eigenvalue weighted by molar-refractivity contribution is 7.07. The molecular formula is C27H24N2O5S. The second-order valence-corrected chi connectivity index (χ2v) is 9.16. The molecule has 0 radical (unpaired) electrons. The van der Waals surface area contributed by atoms with E-state index in [1.165, 1.54) is 11.3 Å². The Hall–Kier alpha value is -3.91. The summed E-state index contributed by atoms with van der Waals surface area (Å²) in [6.07, 6.45) is 1.71. The van der Waals surface area contributed by atoms with Crippen LogP contribution in [-0.4, -0.2) is 24.3 Å². The molecule has 1 atom stereocenters. The number of aromatic nitrogens is 1. The predicted octanol–water partition coefficient (Wildman–Crippen LogP) is 3.86. The topological polar surface area (TPSA) is 83.0 Å². The van der Waals surface area contributed by atoms with Gasteiger partial charge in [0, 0.05) is 11.6 Å². The summed E-state index contributed by atoms with van der Waals surface area (Å²) in [6, 6.07) is 14.5. The number of benzene rings is 2. The van der Waals surface area contributed by atoms with E-state index >= 15 is 0 Å². The highest BCUT2D eigenvalue weighted by atomic mass is 32.1. The largest absolute Gasteiger partial charge is 0.496 e. The number of furan rings is 1. The third kappa shape index (κ3) is 3.89. The number of fused-ring (bicyclic) bond motifs is 2. The quantitative estimate of drug-likeness (QED) is 0.399. The lowest BCUT2D eigenvalue weighted by atomic mass is 9.90. The number of carbonyl (C=O) groups is 1. The first-order chi connectivity index (χ1) is 16.9. The standard InChI is InChI=1S/C27H24N2O5S/c1-5-33-26(31)22-16(3)28-27-29(25(30)21(35-27)14-18-12-10-15(2)34-18)24(22)23-19-9-7-6-8-17(19)11-13-20(23)32-4/h6-14,24H,5H2,1-4H3/b21-14+/t24-/m1/s1. The summed E-state index contributed by atoms with van der Waals surface area (Å²) in [6.45, 7) is 5.57. The lowest BCUT2D eigenvalue weighted by molar-refractivity contribution is -0.139. The Labute approximate surface area is 205 Å². The van der Waals surface area contributed by atoms with Crippen LogP contribution in [-0.2, 0) is 9.53 Å². The van der Waals surface area contributed by atoms with Crippen LogP contribution in [0.2, 0.25) is 0 Å². The molecule has 0 saturated heterocycles. The van der Waals surface area contributed by atoms with Gasteiger partial charge >= 0.3 is 5.97 Å². The molecule has 178 valence electrons. The number of aryl methyl sites for hydroxylation is 1. The highest BCUT2D eigenvalue weighted by Crippen LogP contribution is 2.40. The van der Waals surface area contributed by atoms with Crippen molar-refractivity contribution in [3.8, 4) is 5.75 Å². The molecule has 5 rings (SSSR count). The van der Waals surface area contributed by atoms with E-state index in [2.05, 4.69) is 4.99 Å². The van der Waals surface area contributed by atoms with Crippen molar-refractivity contribution in [2.45, 2.75) is 26.8 Å². The van der Waals surface area contributed by atoms with E-state index in [0.717, 1.165) is 16.5 Å². The number of thiazole rings is 1. The minimum absolute atomic E-state index is 0.206. The van der Waals surface area contributed by atoms with Gasteiger partial charge < -0.3 is 13.9 Å². The summed E-state index contributed by atoms with van der Waals surface area (Å²) in [4.78, 5) is 32.2. The molecule has 0 bridgehead atoms. The second-order valence-electron chi connectivity index (χ2n) is 8.15. The summed E-state index contributed by atoms with van der Waals surface area (Å²) in [7, 11) is 1.58. The Morgan fingerprint density at radius 3 is 2.69 bits per heavy atom. The van der Waals surface area contributed by atoms with Crippen LogP contribution < -0.4 is 19.6 Å².